The second kappa shape index (κ2) is 11.0. The summed E-state index contributed by atoms with van der Waals surface area (Å²) in [5, 5.41) is 10.6. The van der Waals surface area contributed by atoms with Gasteiger partial charge in [0.25, 0.3) is 0 Å². The van der Waals surface area contributed by atoms with Crippen LogP contribution in [-0.4, -0.2) is 42.5 Å². The van der Waals surface area contributed by atoms with Crippen molar-refractivity contribution in [3.63, 3.8) is 0 Å². The third kappa shape index (κ3) is 8.04. The number of aromatic nitrogens is 2. The van der Waals surface area contributed by atoms with Gasteiger partial charge in [-0.1, -0.05) is 0 Å². The van der Waals surface area contributed by atoms with E-state index in [1.807, 2.05) is 26.4 Å². The highest BCUT2D eigenvalue weighted by Crippen LogP contribution is 1.94. The fraction of sp³-hybridized carbons (Fsp3) is 0.667. The number of guanidine groups is 1. The van der Waals surface area contributed by atoms with Gasteiger partial charge in [0.15, 0.2) is 5.96 Å². The molecule has 1 aromatic heterocycles. The summed E-state index contributed by atoms with van der Waals surface area (Å²) in [6.45, 7) is 5.13. The highest BCUT2D eigenvalue weighted by Gasteiger charge is 1.99. The Hall–Kier alpha value is -0.830. The number of aryl methyl sites for hydroxylation is 1. The van der Waals surface area contributed by atoms with Crippen LogP contribution in [0.1, 0.15) is 18.9 Å². The number of halogens is 1. The maximum atomic E-state index is 5.27. The van der Waals surface area contributed by atoms with E-state index in [9.17, 15) is 0 Å². The van der Waals surface area contributed by atoms with Crippen LogP contribution in [0.5, 0.6) is 0 Å². The largest absolute Gasteiger partial charge is 0.382 e. The van der Waals surface area contributed by atoms with Crippen molar-refractivity contribution in [3.05, 3.63) is 18.0 Å². The summed E-state index contributed by atoms with van der Waals surface area (Å²) in [6, 6.07) is 0. The first-order valence-electron chi connectivity index (χ1n) is 6.26. The van der Waals surface area contributed by atoms with Crippen molar-refractivity contribution in [2.45, 2.75) is 19.9 Å². The molecule has 0 saturated carbocycles. The molecule has 0 fully saturated rings. The fourth-order valence-corrected chi connectivity index (χ4v) is 1.49. The van der Waals surface area contributed by atoms with Gasteiger partial charge in [0.2, 0.25) is 0 Å². The second-order valence-electron chi connectivity index (χ2n) is 3.93. The molecule has 0 aromatic carbocycles. The minimum absolute atomic E-state index is 0. The first-order valence-corrected chi connectivity index (χ1v) is 6.26. The second-order valence-corrected chi connectivity index (χ2v) is 3.93. The number of ether oxygens (including phenoxy) is 1. The molecular weight excluding hydrogens is 357 g/mol. The van der Waals surface area contributed by atoms with Crippen LogP contribution in [-0.2, 0) is 18.3 Å². The molecule has 0 radical (unpaired) electrons. The molecule has 1 aromatic rings. The van der Waals surface area contributed by atoms with Gasteiger partial charge < -0.3 is 15.4 Å². The van der Waals surface area contributed by atoms with E-state index in [0.717, 1.165) is 44.2 Å². The van der Waals surface area contributed by atoms with Crippen molar-refractivity contribution < 1.29 is 4.74 Å². The smallest absolute Gasteiger partial charge is 0.191 e. The first kappa shape index (κ1) is 18.2. The predicted octanol–water partition coefficient (Wildman–Crippen LogP) is 1.13. The molecule has 0 aliphatic heterocycles. The van der Waals surface area contributed by atoms with Crippen LogP contribution in [0.3, 0.4) is 0 Å². The molecule has 0 atom stereocenters. The lowest BCUT2D eigenvalue weighted by Gasteiger charge is -2.10. The van der Waals surface area contributed by atoms with E-state index in [-0.39, 0.29) is 24.0 Å². The Morgan fingerprint density at radius 2 is 2.26 bits per heavy atom. The number of nitrogens with zero attached hydrogens (tertiary/aromatic N) is 3. The fourth-order valence-electron chi connectivity index (χ4n) is 1.49. The van der Waals surface area contributed by atoms with E-state index in [1.54, 1.807) is 11.7 Å². The average molecular weight is 381 g/mol. The number of nitrogens with one attached hydrogen (secondary N) is 2. The minimum atomic E-state index is 0. The first-order chi connectivity index (χ1) is 8.76. The van der Waals surface area contributed by atoms with Crippen LogP contribution in [0.2, 0.25) is 0 Å². The summed E-state index contributed by atoms with van der Waals surface area (Å²) < 4.78 is 7.06. The van der Waals surface area contributed by atoms with Crippen LogP contribution < -0.4 is 10.6 Å². The Balaban J connectivity index is 0.00000324. The number of hydrogen-bond donors (Lipinski definition) is 2. The van der Waals surface area contributed by atoms with Gasteiger partial charge in [-0.3, -0.25) is 9.67 Å². The lowest BCUT2D eigenvalue weighted by Crippen LogP contribution is -2.37. The zero-order valence-electron chi connectivity index (χ0n) is 11.8. The summed E-state index contributed by atoms with van der Waals surface area (Å²) in [7, 11) is 3.67. The zero-order chi connectivity index (χ0) is 13.2. The van der Waals surface area contributed by atoms with Crippen LogP contribution in [0, 0.1) is 0 Å². The summed E-state index contributed by atoms with van der Waals surface area (Å²) in [4.78, 5) is 4.15. The number of aliphatic imine (C=N–C) groups is 1. The van der Waals surface area contributed by atoms with Crippen LogP contribution in [0.25, 0.3) is 0 Å². The number of rotatable bonds is 7. The van der Waals surface area contributed by atoms with Crippen molar-refractivity contribution in [2.24, 2.45) is 12.0 Å². The van der Waals surface area contributed by atoms with Crippen LogP contribution >= 0.6 is 24.0 Å². The highest BCUT2D eigenvalue weighted by molar-refractivity contribution is 14.0. The van der Waals surface area contributed by atoms with E-state index < -0.39 is 0 Å². The summed E-state index contributed by atoms with van der Waals surface area (Å²) in [5.74, 6) is 0.801. The van der Waals surface area contributed by atoms with Gasteiger partial charge in [0.1, 0.15) is 0 Å². The lowest BCUT2D eigenvalue weighted by molar-refractivity contribution is 0.145. The number of hydrogen-bond acceptors (Lipinski definition) is 3. The van der Waals surface area contributed by atoms with Crippen molar-refractivity contribution in [1.29, 1.82) is 0 Å². The molecule has 2 N–H and O–H groups in total. The average Bonchev–Trinajstić information content (AvgIpc) is 2.78. The Kier molecular flexibility index (Phi) is 10.6. The summed E-state index contributed by atoms with van der Waals surface area (Å²) >= 11 is 0. The molecule has 0 saturated heterocycles. The van der Waals surface area contributed by atoms with Crippen LogP contribution in [0.15, 0.2) is 17.4 Å². The van der Waals surface area contributed by atoms with Crippen molar-refractivity contribution in [3.8, 4) is 0 Å². The third-order valence-electron chi connectivity index (χ3n) is 2.40. The van der Waals surface area contributed by atoms with Gasteiger partial charge in [-0.05, 0) is 13.3 Å². The standard InChI is InChI=1S/C12H23N5O.HI/c1-4-18-7-5-6-14-12(13-2)15-8-11-9-16-17(3)10-11;/h9-10H,4-8H2,1-3H3,(H2,13,14,15);1H. The van der Waals surface area contributed by atoms with Gasteiger partial charge >= 0.3 is 0 Å². The Labute approximate surface area is 132 Å². The molecule has 1 heterocycles. The monoisotopic (exact) mass is 381 g/mol. The van der Waals surface area contributed by atoms with E-state index in [0.29, 0.717) is 0 Å². The maximum absolute atomic E-state index is 5.27. The Bertz CT molecular complexity index is 367. The molecule has 0 amide bonds. The van der Waals surface area contributed by atoms with E-state index >= 15 is 0 Å². The molecule has 6 nitrogen and oxygen atoms in total. The normalized spacial score (nSPS) is 11.0. The molecule has 0 aliphatic carbocycles. The predicted molar refractivity (Wildman–Crippen MR) is 87.9 cm³/mol. The van der Waals surface area contributed by atoms with Gasteiger partial charge in [-0.2, -0.15) is 5.10 Å². The molecule has 0 bridgehead atoms. The van der Waals surface area contributed by atoms with Crippen molar-refractivity contribution in [1.82, 2.24) is 20.4 Å². The van der Waals surface area contributed by atoms with Gasteiger partial charge in [-0.15, -0.1) is 24.0 Å². The summed E-state index contributed by atoms with van der Waals surface area (Å²) in [5.41, 5.74) is 1.13. The maximum Gasteiger partial charge on any atom is 0.191 e. The molecule has 1 rings (SSSR count). The SMILES string of the molecule is CCOCCCNC(=NC)NCc1cnn(C)c1.I. The van der Waals surface area contributed by atoms with Gasteiger partial charge in [0.05, 0.1) is 6.20 Å². The van der Waals surface area contributed by atoms with Crippen LogP contribution in [0.4, 0.5) is 0 Å². The Morgan fingerprint density at radius 3 is 2.84 bits per heavy atom. The Morgan fingerprint density at radius 1 is 1.47 bits per heavy atom. The highest BCUT2D eigenvalue weighted by atomic mass is 127. The molecular formula is C12H24IN5O. The van der Waals surface area contributed by atoms with Crippen molar-refractivity contribution >= 4 is 29.9 Å². The van der Waals surface area contributed by atoms with Gasteiger partial charge in [-0.25, -0.2) is 0 Å². The molecule has 19 heavy (non-hydrogen) atoms. The van der Waals surface area contributed by atoms with Gasteiger partial charge in [0, 0.05) is 52.2 Å². The molecule has 7 heteroatoms. The quantitative estimate of drug-likeness (QED) is 0.322. The van der Waals surface area contributed by atoms with E-state index in [1.165, 1.54) is 0 Å². The lowest BCUT2D eigenvalue weighted by atomic mass is 10.3. The molecule has 0 unspecified atom stereocenters. The molecule has 0 spiro atoms. The molecule has 0 aliphatic rings. The third-order valence-corrected chi connectivity index (χ3v) is 2.40. The summed E-state index contributed by atoms with van der Waals surface area (Å²) in [6.07, 6.45) is 4.80. The van der Waals surface area contributed by atoms with E-state index in [4.69, 9.17) is 4.74 Å². The van der Waals surface area contributed by atoms with E-state index in [2.05, 4.69) is 20.7 Å². The minimum Gasteiger partial charge on any atom is -0.382 e. The molecule has 110 valence electrons. The zero-order valence-corrected chi connectivity index (χ0v) is 14.2. The van der Waals surface area contributed by atoms with Crippen molar-refractivity contribution in [2.75, 3.05) is 26.8 Å². The topological polar surface area (TPSA) is 63.5 Å².